The molecule has 0 aliphatic rings. The molecule has 2 rings (SSSR count). The summed E-state index contributed by atoms with van der Waals surface area (Å²) < 4.78 is 5.26. The zero-order valence-electron chi connectivity index (χ0n) is 8.46. The largest absolute Gasteiger partial charge is 0.496 e. The number of nitrogens with two attached hydrogens (primary N) is 1. The van der Waals surface area contributed by atoms with Gasteiger partial charge in [-0.25, -0.2) is 0 Å². The van der Waals surface area contributed by atoms with Gasteiger partial charge in [-0.2, -0.15) is 0 Å². The Labute approximate surface area is 93.6 Å². The average molecular weight is 222 g/mol. The van der Waals surface area contributed by atoms with Crippen LogP contribution in [0, 0.1) is 0 Å². The summed E-state index contributed by atoms with van der Waals surface area (Å²) >= 11 is 5.93. The van der Waals surface area contributed by atoms with E-state index in [1.54, 1.807) is 7.11 Å². The second-order valence-corrected chi connectivity index (χ2v) is 3.80. The zero-order valence-corrected chi connectivity index (χ0v) is 9.21. The minimum absolute atomic E-state index is 0.464. The van der Waals surface area contributed by atoms with E-state index < -0.39 is 0 Å². The summed E-state index contributed by atoms with van der Waals surface area (Å²) in [5.41, 5.74) is 6.64. The maximum Gasteiger partial charge on any atom is 0.123 e. The Balaban J connectivity index is 2.69. The number of benzene rings is 2. The maximum absolute atomic E-state index is 5.93. The standard InChI is InChI=1S/C12H12ClNO/c1-15-12-6-8-2-3-11(13)5-9(8)4-10(12)7-14/h2-6H,7,14H2,1H3. The van der Waals surface area contributed by atoms with Gasteiger partial charge in [0.15, 0.2) is 0 Å². The lowest BCUT2D eigenvalue weighted by Crippen LogP contribution is -1.99. The molecule has 0 radical (unpaired) electrons. The monoisotopic (exact) mass is 221 g/mol. The molecule has 0 aliphatic carbocycles. The van der Waals surface area contributed by atoms with Gasteiger partial charge < -0.3 is 10.5 Å². The first kappa shape index (κ1) is 10.3. The third kappa shape index (κ3) is 1.91. The highest BCUT2D eigenvalue weighted by molar-refractivity contribution is 6.31. The normalized spacial score (nSPS) is 10.6. The molecule has 2 N–H and O–H groups in total. The van der Waals surface area contributed by atoms with Crippen molar-refractivity contribution in [3.8, 4) is 5.75 Å². The molecule has 0 fully saturated rings. The average Bonchev–Trinajstić information content (AvgIpc) is 2.27. The van der Waals surface area contributed by atoms with Crippen molar-refractivity contribution >= 4 is 22.4 Å². The van der Waals surface area contributed by atoms with Crippen molar-refractivity contribution in [3.63, 3.8) is 0 Å². The number of hydrogen-bond acceptors (Lipinski definition) is 2. The van der Waals surface area contributed by atoms with Gasteiger partial charge in [0, 0.05) is 17.1 Å². The van der Waals surface area contributed by atoms with Crippen LogP contribution in [0.2, 0.25) is 5.02 Å². The van der Waals surface area contributed by atoms with Gasteiger partial charge in [-0.3, -0.25) is 0 Å². The van der Waals surface area contributed by atoms with Crippen molar-refractivity contribution in [1.82, 2.24) is 0 Å². The Morgan fingerprint density at radius 2 is 2.00 bits per heavy atom. The summed E-state index contributed by atoms with van der Waals surface area (Å²) in [6, 6.07) is 9.76. The summed E-state index contributed by atoms with van der Waals surface area (Å²) in [5.74, 6) is 0.826. The van der Waals surface area contributed by atoms with E-state index in [0.717, 1.165) is 27.1 Å². The highest BCUT2D eigenvalue weighted by atomic mass is 35.5. The van der Waals surface area contributed by atoms with E-state index >= 15 is 0 Å². The Morgan fingerprint density at radius 3 is 2.67 bits per heavy atom. The molecule has 0 saturated carbocycles. The summed E-state index contributed by atoms with van der Waals surface area (Å²) in [4.78, 5) is 0. The van der Waals surface area contributed by atoms with Crippen LogP contribution in [-0.4, -0.2) is 7.11 Å². The minimum atomic E-state index is 0.464. The molecular formula is C12H12ClNO. The van der Waals surface area contributed by atoms with Gasteiger partial charge in [0.1, 0.15) is 5.75 Å². The van der Waals surface area contributed by atoms with Gasteiger partial charge in [-0.15, -0.1) is 0 Å². The van der Waals surface area contributed by atoms with E-state index in [1.807, 2.05) is 30.3 Å². The fourth-order valence-corrected chi connectivity index (χ4v) is 1.82. The molecule has 3 heteroatoms. The number of rotatable bonds is 2. The summed E-state index contributed by atoms with van der Waals surface area (Å²) in [6.07, 6.45) is 0. The van der Waals surface area contributed by atoms with Crippen molar-refractivity contribution in [2.75, 3.05) is 7.11 Å². The molecule has 0 unspecified atom stereocenters. The van der Waals surface area contributed by atoms with Crippen molar-refractivity contribution in [3.05, 3.63) is 40.9 Å². The lowest BCUT2D eigenvalue weighted by atomic mass is 10.1. The Bertz CT molecular complexity index is 496. The van der Waals surface area contributed by atoms with Crippen LogP contribution in [0.25, 0.3) is 10.8 Å². The molecule has 15 heavy (non-hydrogen) atoms. The second kappa shape index (κ2) is 4.09. The number of hydrogen-bond donors (Lipinski definition) is 1. The minimum Gasteiger partial charge on any atom is -0.496 e. The number of fused-ring (bicyclic) bond motifs is 1. The summed E-state index contributed by atoms with van der Waals surface area (Å²) in [5, 5.41) is 2.92. The molecule has 0 aromatic heterocycles. The van der Waals surface area contributed by atoms with Crippen LogP contribution in [0.4, 0.5) is 0 Å². The zero-order chi connectivity index (χ0) is 10.8. The number of halogens is 1. The smallest absolute Gasteiger partial charge is 0.123 e. The van der Waals surface area contributed by atoms with Gasteiger partial charge in [0.2, 0.25) is 0 Å². The lowest BCUT2D eigenvalue weighted by molar-refractivity contribution is 0.410. The SMILES string of the molecule is COc1cc2ccc(Cl)cc2cc1CN. The van der Waals surface area contributed by atoms with Crippen LogP contribution < -0.4 is 10.5 Å². The van der Waals surface area contributed by atoms with Gasteiger partial charge in [-0.1, -0.05) is 17.7 Å². The van der Waals surface area contributed by atoms with Crippen LogP contribution in [0.5, 0.6) is 5.75 Å². The molecule has 0 heterocycles. The first-order valence-electron chi connectivity index (χ1n) is 4.71. The van der Waals surface area contributed by atoms with Gasteiger partial charge >= 0.3 is 0 Å². The van der Waals surface area contributed by atoms with Gasteiger partial charge in [-0.05, 0) is 35.0 Å². The second-order valence-electron chi connectivity index (χ2n) is 3.36. The van der Waals surface area contributed by atoms with E-state index in [-0.39, 0.29) is 0 Å². The van der Waals surface area contributed by atoms with E-state index in [0.29, 0.717) is 6.54 Å². The quantitative estimate of drug-likeness (QED) is 0.846. The van der Waals surface area contributed by atoms with Crippen molar-refractivity contribution in [1.29, 1.82) is 0 Å². The van der Waals surface area contributed by atoms with Crippen molar-refractivity contribution < 1.29 is 4.74 Å². The molecule has 0 bridgehead atoms. The van der Waals surface area contributed by atoms with E-state index in [2.05, 4.69) is 0 Å². The first-order valence-corrected chi connectivity index (χ1v) is 5.08. The molecule has 0 amide bonds. The number of methoxy groups -OCH3 is 1. The molecule has 2 aromatic rings. The molecule has 78 valence electrons. The summed E-state index contributed by atoms with van der Waals surface area (Å²) in [7, 11) is 1.65. The van der Waals surface area contributed by atoms with E-state index in [1.165, 1.54) is 0 Å². The van der Waals surface area contributed by atoms with Gasteiger partial charge in [0.05, 0.1) is 7.11 Å². The Hall–Kier alpha value is -1.25. The van der Waals surface area contributed by atoms with Crippen LogP contribution in [-0.2, 0) is 6.54 Å². The van der Waals surface area contributed by atoms with E-state index in [4.69, 9.17) is 22.1 Å². The predicted octanol–water partition coefficient (Wildman–Crippen LogP) is 2.96. The lowest BCUT2D eigenvalue weighted by Gasteiger charge is -2.08. The summed E-state index contributed by atoms with van der Waals surface area (Å²) in [6.45, 7) is 0.464. The molecule has 0 spiro atoms. The maximum atomic E-state index is 5.93. The van der Waals surface area contributed by atoms with Gasteiger partial charge in [0.25, 0.3) is 0 Å². The van der Waals surface area contributed by atoms with Crippen LogP contribution >= 0.6 is 11.6 Å². The van der Waals surface area contributed by atoms with Crippen molar-refractivity contribution in [2.24, 2.45) is 5.73 Å². The highest BCUT2D eigenvalue weighted by Crippen LogP contribution is 2.27. The molecule has 2 aromatic carbocycles. The fraction of sp³-hybridized carbons (Fsp3) is 0.167. The number of ether oxygens (including phenoxy) is 1. The molecule has 0 aliphatic heterocycles. The molecule has 2 nitrogen and oxygen atoms in total. The third-order valence-corrected chi connectivity index (χ3v) is 2.66. The molecule has 0 atom stereocenters. The van der Waals surface area contributed by atoms with Crippen LogP contribution in [0.15, 0.2) is 30.3 Å². The first-order chi connectivity index (χ1) is 7.24. The van der Waals surface area contributed by atoms with Crippen LogP contribution in [0.1, 0.15) is 5.56 Å². The van der Waals surface area contributed by atoms with E-state index in [9.17, 15) is 0 Å². The van der Waals surface area contributed by atoms with Crippen LogP contribution in [0.3, 0.4) is 0 Å². The topological polar surface area (TPSA) is 35.2 Å². The molecular weight excluding hydrogens is 210 g/mol. The third-order valence-electron chi connectivity index (χ3n) is 2.42. The highest BCUT2D eigenvalue weighted by Gasteiger charge is 2.04. The Morgan fingerprint density at radius 1 is 1.20 bits per heavy atom. The predicted molar refractivity (Wildman–Crippen MR) is 63.4 cm³/mol. The Kier molecular flexibility index (Phi) is 2.80. The van der Waals surface area contributed by atoms with Crippen molar-refractivity contribution in [2.45, 2.75) is 6.54 Å². The fourth-order valence-electron chi connectivity index (χ4n) is 1.64. The molecule has 0 saturated heterocycles.